The summed E-state index contributed by atoms with van der Waals surface area (Å²) in [5, 5.41) is 0. The van der Waals surface area contributed by atoms with E-state index in [1.807, 2.05) is 0 Å². The molecule has 0 aromatic rings. The van der Waals surface area contributed by atoms with Crippen LogP contribution >= 0.6 is 0 Å². The SMILES string of the molecule is C=CCOC(=O)N1CCC2(CCCO2)C1. The molecule has 1 amide bonds. The maximum atomic E-state index is 11.5. The first-order valence-electron chi connectivity index (χ1n) is 5.42. The van der Waals surface area contributed by atoms with E-state index in [0.717, 1.165) is 32.4 Å². The van der Waals surface area contributed by atoms with Crippen molar-refractivity contribution in [3.05, 3.63) is 12.7 Å². The Balaban J connectivity index is 1.86. The normalized spacial score (nSPS) is 29.7. The van der Waals surface area contributed by atoms with Crippen LogP contribution in [0.3, 0.4) is 0 Å². The van der Waals surface area contributed by atoms with Gasteiger partial charge in [0.25, 0.3) is 0 Å². The lowest BCUT2D eigenvalue weighted by Gasteiger charge is -2.22. The zero-order chi connectivity index (χ0) is 10.7. The topological polar surface area (TPSA) is 38.8 Å². The largest absolute Gasteiger partial charge is 0.445 e. The lowest BCUT2D eigenvalue weighted by Crippen LogP contribution is -2.35. The van der Waals surface area contributed by atoms with Crippen molar-refractivity contribution in [2.75, 3.05) is 26.3 Å². The standard InChI is InChI=1S/C11H17NO3/c1-2-7-14-10(13)12-6-5-11(9-12)4-3-8-15-11/h2H,1,3-9H2. The number of carbonyl (C=O) groups is 1. The van der Waals surface area contributed by atoms with Crippen LogP contribution in [0.2, 0.25) is 0 Å². The van der Waals surface area contributed by atoms with Crippen LogP contribution in [0.5, 0.6) is 0 Å². The number of nitrogens with zero attached hydrogens (tertiary/aromatic N) is 1. The quantitative estimate of drug-likeness (QED) is 0.651. The van der Waals surface area contributed by atoms with Crippen LogP contribution in [0.1, 0.15) is 19.3 Å². The first-order valence-corrected chi connectivity index (χ1v) is 5.42. The molecule has 2 rings (SSSR count). The van der Waals surface area contributed by atoms with Crippen molar-refractivity contribution >= 4 is 6.09 Å². The summed E-state index contributed by atoms with van der Waals surface area (Å²) in [5.41, 5.74) is -0.0623. The highest BCUT2D eigenvalue weighted by Gasteiger charge is 2.43. The molecule has 0 aromatic heterocycles. The van der Waals surface area contributed by atoms with E-state index in [2.05, 4.69) is 6.58 Å². The van der Waals surface area contributed by atoms with Crippen molar-refractivity contribution in [1.29, 1.82) is 0 Å². The highest BCUT2D eigenvalue weighted by atomic mass is 16.6. The van der Waals surface area contributed by atoms with E-state index in [-0.39, 0.29) is 18.3 Å². The Kier molecular flexibility index (Phi) is 2.95. The van der Waals surface area contributed by atoms with Crippen molar-refractivity contribution < 1.29 is 14.3 Å². The molecule has 1 spiro atoms. The van der Waals surface area contributed by atoms with E-state index < -0.39 is 0 Å². The lowest BCUT2D eigenvalue weighted by atomic mass is 10.00. The molecule has 84 valence electrons. The van der Waals surface area contributed by atoms with E-state index >= 15 is 0 Å². The Labute approximate surface area is 89.8 Å². The summed E-state index contributed by atoms with van der Waals surface area (Å²) in [4.78, 5) is 13.3. The molecule has 0 aliphatic carbocycles. The fourth-order valence-corrected chi connectivity index (χ4v) is 2.30. The van der Waals surface area contributed by atoms with Crippen LogP contribution in [0.15, 0.2) is 12.7 Å². The van der Waals surface area contributed by atoms with Gasteiger partial charge in [-0.15, -0.1) is 0 Å². The molecule has 0 saturated carbocycles. The summed E-state index contributed by atoms with van der Waals surface area (Å²) >= 11 is 0. The third-order valence-electron chi connectivity index (χ3n) is 3.08. The van der Waals surface area contributed by atoms with E-state index in [4.69, 9.17) is 9.47 Å². The smallest absolute Gasteiger partial charge is 0.410 e. The molecule has 4 heteroatoms. The molecular formula is C11H17NO3. The summed E-state index contributed by atoms with van der Waals surface area (Å²) < 4.78 is 10.7. The van der Waals surface area contributed by atoms with Crippen molar-refractivity contribution in [2.24, 2.45) is 0 Å². The van der Waals surface area contributed by atoms with Crippen LogP contribution in [-0.4, -0.2) is 42.9 Å². The molecule has 2 aliphatic rings. The summed E-state index contributed by atoms with van der Waals surface area (Å²) in [6, 6.07) is 0. The highest BCUT2D eigenvalue weighted by Crippen LogP contribution is 2.34. The molecule has 2 heterocycles. The predicted octanol–water partition coefficient (Wildman–Crippen LogP) is 1.56. The number of rotatable bonds is 2. The minimum Gasteiger partial charge on any atom is -0.445 e. The third-order valence-corrected chi connectivity index (χ3v) is 3.08. The molecule has 1 unspecified atom stereocenters. The van der Waals surface area contributed by atoms with Crippen LogP contribution in [-0.2, 0) is 9.47 Å². The van der Waals surface area contributed by atoms with Gasteiger partial charge in [0.15, 0.2) is 0 Å². The fraction of sp³-hybridized carbons (Fsp3) is 0.727. The Morgan fingerprint density at radius 1 is 1.60 bits per heavy atom. The number of hydrogen-bond donors (Lipinski definition) is 0. The second kappa shape index (κ2) is 4.23. The van der Waals surface area contributed by atoms with Crippen molar-refractivity contribution in [1.82, 2.24) is 4.90 Å². The van der Waals surface area contributed by atoms with Gasteiger partial charge in [0.2, 0.25) is 0 Å². The highest BCUT2D eigenvalue weighted by molar-refractivity contribution is 5.68. The van der Waals surface area contributed by atoms with Gasteiger partial charge in [0.1, 0.15) is 6.61 Å². The van der Waals surface area contributed by atoms with Crippen LogP contribution < -0.4 is 0 Å². The molecule has 2 fully saturated rings. The summed E-state index contributed by atoms with van der Waals surface area (Å²) in [6.45, 7) is 6.05. The van der Waals surface area contributed by atoms with Gasteiger partial charge in [0.05, 0.1) is 12.1 Å². The molecule has 1 atom stereocenters. The molecule has 0 bridgehead atoms. The molecule has 2 saturated heterocycles. The Hall–Kier alpha value is -1.03. The second-order valence-electron chi connectivity index (χ2n) is 4.17. The molecule has 2 aliphatic heterocycles. The average Bonchev–Trinajstić information content (AvgIpc) is 2.86. The monoisotopic (exact) mass is 211 g/mol. The van der Waals surface area contributed by atoms with Gasteiger partial charge in [-0.2, -0.15) is 0 Å². The lowest BCUT2D eigenvalue weighted by molar-refractivity contribution is 0.0121. The Morgan fingerprint density at radius 2 is 2.47 bits per heavy atom. The first-order chi connectivity index (χ1) is 7.26. The zero-order valence-electron chi connectivity index (χ0n) is 8.91. The van der Waals surface area contributed by atoms with E-state index in [9.17, 15) is 4.79 Å². The van der Waals surface area contributed by atoms with Gasteiger partial charge in [-0.05, 0) is 19.3 Å². The molecule has 0 radical (unpaired) electrons. The molecule has 4 nitrogen and oxygen atoms in total. The van der Waals surface area contributed by atoms with E-state index in [1.165, 1.54) is 0 Å². The Bertz CT molecular complexity index is 259. The van der Waals surface area contributed by atoms with E-state index in [1.54, 1.807) is 11.0 Å². The third kappa shape index (κ3) is 2.15. The van der Waals surface area contributed by atoms with Crippen LogP contribution in [0.4, 0.5) is 4.79 Å². The number of carbonyl (C=O) groups excluding carboxylic acids is 1. The van der Waals surface area contributed by atoms with Gasteiger partial charge in [0, 0.05) is 13.2 Å². The van der Waals surface area contributed by atoms with Crippen LogP contribution in [0, 0.1) is 0 Å². The first kappa shape index (κ1) is 10.5. The van der Waals surface area contributed by atoms with E-state index in [0.29, 0.717) is 6.54 Å². The second-order valence-corrected chi connectivity index (χ2v) is 4.17. The average molecular weight is 211 g/mol. The number of likely N-dealkylation sites (tertiary alicyclic amines) is 1. The number of amides is 1. The molecular weight excluding hydrogens is 194 g/mol. The maximum absolute atomic E-state index is 11.5. The number of hydrogen-bond acceptors (Lipinski definition) is 3. The summed E-state index contributed by atoms with van der Waals surface area (Å²) in [6.07, 6.45) is 4.45. The molecule has 0 N–H and O–H groups in total. The van der Waals surface area contributed by atoms with Gasteiger partial charge >= 0.3 is 6.09 Å². The summed E-state index contributed by atoms with van der Waals surface area (Å²) in [5.74, 6) is 0. The predicted molar refractivity (Wildman–Crippen MR) is 55.7 cm³/mol. The Morgan fingerprint density at radius 3 is 3.13 bits per heavy atom. The van der Waals surface area contributed by atoms with Crippen LogP contribution in [0.25, 0.3) is 0 Å². The molecule has 15 heavy (non-hydrogen) atoms. The minimum absolute atomic E-state index is 0.0623. The number of ether oxygens (including phenoxy) is 2. The minimum atomic E-state index is -0.248. The zero-order valence-corrected chi connectivity index (χ0v) is 8.91. The van der Waals surface area contributed by atoms with Crippen molar-refractivity contribution in [3.63, 3.8) is 0 Å². The fourth-order valence-electron chi connectivity index (χ4n) is 2.30. The maximum Gasteiger partial charge on any atom is 0.410 e. The van der Waals surface area contributed by atoms with Gasteiger partial charge in [-0.3, -0.25) is 0 Å². The van der Waals surface area contributed by atoms with Gasteiger partial charge in [-0.25, -0.2) is 4.79 Å². The van der Waals surface area contributed by atoms with Gasteiger partial charge in [-0.1, -0.05) is 12.7 Å². The van der Waals surface area contributed by atoms with Crippen molar-refractivity contribution in [3.8, 4) is 0 Å². The van der Waals surface area contributed by atoms with Crippen molar-refractivity contribution in [2.45, 2.75) is 24.9 Å². The summed E-state index contributed by atoms with van der Waals surface area (Å²) in [7, 11) is 0. The van der Waals surface area contributed by atoms with Gasteiger partial charge < -0.3 is 14.4 Å². The molecule has 0 aromatic carbocycles.